The van der Waals surface area contributed by atoms with Gasteiger partial charge in [-0.25, -0.2) is 0 Å². The number of benzene rings is 2. The Kier molecular flexibility index (Phi) is 5.68. The number of hydrogen-bond acceptors (Lipinski definition) is 3. The molecule has 24 heavy (non-hydrogen) atoms. The molecule has 0 fully saturated rings. The van der Waals surface area contributed by atoms with Crippen LogP contribution in [0.15, 0.2) is 48.5 Å². The third kappa shape index (κ3) is 4.95. The van der Waals surface area contributed by atoms with Gasteiger partial charge in [0.25, 0.3) is 5.91 Å². The average molecular weight is 325 g/mol. The summed E-state index contributed by atoms with van der Waals surface area (Å²) in [6.45, 7) is 3.17. The molecule has 0 unspecified atom stereocenters. The second kappa shape index (κ2) is 7.92. The number of rotatable bonds is 5. The van der Waals surface area contributed by atoms with Gasteiger partial charge >= 0.3 is 0 Å². The topological polar surface area (TPSA) is 87.3 Å². The Labute approximate surface area is 140 Å². The van der Waals surface area contributed by atoms with Gasteiger partial charge in [-0.15, -0.1) is 0 Å². The van der Waals surface area contributed by atoms with Gasteiger partial charge in [-0.05, 0) is 36.4 Å². The van der Waals surface area contributed by atoms with Gasteiger partial charge in [0, 0.05) is 36.0 Å². The Balaban J connectivity index is 2.10. The summed E-state index contributed by atoms with van der Waals surface area (Å²) in [5, 5.41) is 8.14. The first-order chi connectivity index (χ1) is 11.5. The number of nitrogens with one attached hydrogen (secondary N) is 3. The summed E-state index contributed by atoms with van der Waals surface area (Å²) in [4.78, 5) is 34.8. The van der Waals surface area contributed by atoms with Crippen molar-refractivity contribution in [2.45, 2.75) is 20.3 Å². The van der Waals surface area contributed by atoms with E-state index in [0.29, 0.717) is 29.0 Å². The highest BCUT2D eigenvalue weighted by molar-refractivity contribution is 6.05. The molecule has 0 spiro atoms. The van der Waals surface area contributed by atoms with Crippen LogP contribution in [0.2, 0.25) is 0 Å². The summed E-state index contributed by atoms with van der Waals surface area (Å²) in [7, 11) is 0. The van der Waals surface area contributed by atoms with Crippen molar-refractivity contribution >= 4 is 34.8 Å². The second-order valence-corrected chi connectivity index (χ2v) is 5.20. The summed E-state index contributed by atoms with van der Waals surface area (Å²) in [6.07, 6.45) is 0.381. The Bertz CT molecular complexity index is 772. The molecule has 6 nitrogen and oxygen atoms in total. The molecular formula is C18H19N3O3. The largest absolute Gasteiger partial charge is 0.326 e. The SMILES string of the molecule is CCC(=O)Nc1cccc(NC(=O)c2cccc(NC(C)=O)c2)c1. The van der Waals surface area contributed by atoms with Gasteiger partial charge in [0.1, 0.15) is 0 Å². The van der Waals surface area contributed by atoms with Crippen LogP contribution in [0, 0.1) is 0 Å². The summed E-state index contributed by atoms with van der Waals surface area (Å²) >= 11 is 0. The lowest BCUT2D eigenvalue weighted by atomic mass is 10.1. The van der Waals surface area contributed by atoms with E-state index in [1.807, 2.05) is 0 Å². The van der Waals surface area contributed by atoms with Crippen molar-refractivity contribution in [2.75, 3.05) is 16.0 Å². The molecule has 124 valence electrons. The zero-order valence-electron chi connectivity index (χ0n) is 13.6. The molecule has 0 radical (unpaired) electrons. The third-order valence-corrected chi connectivity index (χ3v) is 3.17. The van der Waals surface area contributed by atoms with Gasteiger partial charge in [-0.3, -0.25) is 14.4 Å². The standard InChI is InChI=1S/C18H19N3O3/c1-3-17(23)20-15-8-5-9-16(11-15)21-18(24)13-6-4-7-14(10-13)19-12(2)22/h4-11H,3H2,1-2H3,(H,19,22)(H,20,23)(H,21,24). The number of carbonyl (C=O) groups is 3. The van der Waals surface area contributed by atoms with Crippen LogP contribution >= 0.6 is 0 Å². The highest BCUT2D eigenvalue weighted by Gasteiger charge is 2.08. The summed E-state index contributed by atoms with van der Waals surface area (Å²) in [6, 6.07) is 13.6. The van der Waals surface area contributed by atoms with Gasteiger partial charge in [0.15, 0.2) is 0 Å². The third-order valence-electron chi connectivity index (χ3n) is 3.17. The lowest BCUT2D eigenvalue weighted by molar-refractivity contribution is -0.116. The number of anilines is 3. The first-order valence-corrected chi connectivity index (χ1v) is 7.57. The van der Waals surface area contributed by atoms with Crippen LogP contribution in [0.5, 0.6) is 0 Å². The summed E-state index contributed by atoms with van der Waals surface area (Å²) < 4.78 is 0. The molecule has 0 saturated heterocycles. The molecule has 0 aliphatic carbocycles. The van der Waals surface area contributed by atoms with Crippen molar-refractivity contribution < 1.29 is 14.4 Å². The van der Waals surface area contributed by atoms with Crippen LogP contribution in [0.4, 0.5) is 17.1 Å². The molecule has 0 saturated carbocycles. The minimum absolute atomic E-state index is 0.0958. The minimum Gasteiger partial charge on any atom is -0.326 e. The Morgan fingerprint density at radius 2 is 1.42 bits per heavy atom. The molecule has 6 heteroatoms. The smallest absolute Gasteiger partial charge is 0.255 e. The molecule has 0 heterocycles. The van der Waals surface area contributed by atoms with Crippen molar-refractivity contribution in [1.82, 2.24) is 0 Å². The van der Waals surface area contributed by atoms with E-state index in [1.165, 1.54) is 6.92 Å². The fourth-order valence-corrected chi connectivity index (χ4v) is 2.07. The molecule has 0 aliphatic rings. The highest BCUT2D eigenvalue weighted by Crippen LogP contribution is 2.17. The Morgan fingerprint density at radius 3 is 2.04 bits per heavy atom. The van der Waals surface area contributed by atoms with Crippen molar-refractivity contribution in [3.63, 3.8) is 0 Å². The maximum absolute atomic E-state index is 12.3. The zero-order chi connectivity index (χ0) is 17.5. The quantitative estimate of drug-likeness (QED) is 0.788. The van der Waals surface area contributed by atoms with E-state index in [0.717, 1.165) is 0 Å². The van der Waals surface area contributed by atoms with Crippen LogP contribution in [-0.4, -0.2) is 17.7 Å². The fraction of sp³-hybridized carbons (Fsp3) is 0.167. The number of hydrogen-bond donors (Lipinski definition) is 3. The van der Waals surface area contributed by atoms with E-state index in [-0.39, 0.29) is 17.7 Å². The van der Waals surface area contributed by atoms with Crippen molar-refractivity contribution in [3.8, 4) is 0 Å². The summed E-state index contributed by atoms with van der Waals surface area (Å²) in [5.74, 6) is -0.602. The predicted molar refractivity (Wildman–Crippen MR) is 94.1 cm³/mol. The Morgan fingerprint density at radius 1 is 0.833 bits per heavy atom. The molecule has 0 atom stereocenters. The van der Waals surface area contributed by atoms with Crippen LogP contribution in [-0.2, 0) is 9.59 Å². The van der Waals surface area contributed by atoms with Crippen LogP contribution < -0.4 is 16.0 Å². The molecule has 0 bridgehead atoms. The lowest BCUT2D eigenvalue weighted by Gasteiger charge is -2.09. The maximum Gasteiger partial charge on any atom is 0.255 e. The van der Waals surface area contributed by atoms with Crippen molar-refractivity contribution in [3.05, 3.63) is 54.1 Å². The summed E-state index contributed by atoms with van der Waals surface area (Å²) in [5.41, 5.74) is 2.16. The van der Waals surface area contributed by atoms with Crippen molar-refractivity contribution in [2.24, 2.45) is 0 Å². The minimum atomic E-state index is -0.304. The van der Waals surface area contributed by atoms with Crippen LogP contribution in [0.1, 0.15) is 30.6 Å². The van der Waals surface area contributed by atoms with E-state index in [2.05, 4.69) is 16.0 Å². The predicted octanol–water partition coefficient (Wildman–Crippen LogP) is 3.25. The first-order valence-electron chi connectivity index (χ1n) is 7.57. The molecule has 0 aromatic heterocycles. The maximum atomic E-state index is 12.3. The van der Waals surface area contributed by atoms with Crippen molar-refractivity contribution in [1.29, 1.82) is 0 Å². The van der Waals surface area contributed by atoms with Gasteiger partial charge in [0.2, 0.25) is 11.8 Å². The van der Waals surface area contributed by atoms with Gasteiger partial charge < -0.3 is 16.0 Å². The average Bonchev–Trinajstić information content (AvgIpc) is 2.54. The van der Waals surface area contributed by atoms with Crippen LogP contribution in [0.25, 0.3) is 0 Å². The zero-order valence-corrected chi connectivity index (χ0v) is 13.6. The normalized spacial score (nSPS) is 9.92. The molecule has 3 N–H and O–H groups in total. The first kappa shape index (κ1) is 17.2. The molecule has 2 aromatic carbocycles. The van der Waals surface area contributed by atoms with E-state index in [1.54, 1.807) is 55.5 Å². The molecule has 0 aliphatic heterocycles. The molecule has 2 aromatic rings. The van der Waals surface area contributed by atoms with E-state index in [9.17, 15) is 14.4 Å². The second-order valence-electron chi connectivity index (χ2n) is 5.20. The van der Waals surface area contributed by atoms with E-state index in [4.69, 9.17) is 0 Å². The molecule has 3 amide bonds. The molecular weight excluding hydrogens is 306 g/mol. The number of carbonyl (C=O) groups excluding carboxylic acids is 3. The number of amides is 3. The van der Waals surface area contributed by atoms with E-state index < -0.39 is 0 Å². The molecule has 2 rings (SSSR count). The van der Waals surface area contributed by atoms with Crippen LogP contribution in [0.3, 0.4) is 0 Å². The monoisotopic (exact) mass is 325 g/mol. The fourth-order valence-electron chi connectivity index (χ4n) is 2.07. The Hall–Kier alpha value is -3.15. The van der Waals surface area contributed by atoms with E-state index >= 15 is 0 Å². The van der Waals surface area contributed by atoms with Gasteiger partial charge in [-0.1, -0.05) is 19.1 Å². The van der Waals surface area contributed by atoms with Gasteiger partial charge in [-0.2, -0.15) is 0 Å². The van der Waals surface area contributed by atoms with Gasteiger partial charge in [0.05, 0.1) is 0 Å². The highest BCUT2D eigenvalue weighted by atomic mass is 16.2. The lowest BCUT2D eigenvalue weighted by Crippen LogP contribution is -2.14.